The van der Waals surface area contributed by atoms with Gasteiger partial charge in [0.1, 0.15) is 0 Å². The molecule has 1 aliphatic heterocycles. The first kappa shape index (κ1) is 10.9. The number of nitro benzene ring substituents is 1. The number of nitrogens with zero attached hydrogens (tertiary/aromatic N) is 1. The molecule has 0 aromatic heterocycles. The molecule has 1 aromatic rings. The van der Waals surface area contributed by atoms with Crippen LogP contribution in [0.5, 0.6) is 0 Å². The van der Waals surface area contributed by atoms with E-state index < -0.39 is 0 Å². The van der Waals surface area contributed by atoms with Crippen LogP contribution >= 0.6 is 12.4 Å². The molecule has 0 saturated carbocycles. The third kappa shape index (κ3) is 1.86. The lowest BCUT2D eigenvalue weighted by Crippen LogP contribution is -2.35. The van der Waals surface area contributed by atoms with Gasteiger partial charge in [-0.3, -0.25) is 10.1 Å². The Bertz CT molecular complexity index is 339. The zero-order valence-corrected chi connectivity index (χ0v) is 8.29. The van der Waals surface area contributed by atoms with Crippen molar-refractivity contribution in [2.24, 2.45) is 0 Å². The number of nitro groups is 1. The molecule has 76 valence electrons. The Morgan fingerprint density at radius 2 is 2.07 bits per heavy atom. The van der Waals surface area contributed by atoms with E-state index >= 15 is 0 Å². The predicted molar refractivity (Wildman–Crippen MR) is 55.7 cm³/mol. The summed E-state index contributed by atoms with van der Waals surface area (Å²) in [6.45, 7) is 0.955. The van der Waals surface area contributed by atoms with Gasteiger partial charge in [-0.15, -0.1) is 12.4 Å². The van der Waals surface area contributed by atoms with Gasteiger partial charge in [-0.05, 0) is 13.0 Å². The Morgan fingerprint density at radius 3 is 2.57 bits per heavy atom. The zero-order valence-electron chi connectivity index (χ0n) is 7.47. The molecule has 1 aromatic carbocycles. The van der Waals surface area contributed by atoms with Crippen LogP contribution in [0.15, 0.2) is 24.3 Å². The third-order valence-corrected chi connectivity index (χ3v) is 2.33. The molecule has 4 nitrogen and oxygen atoms in total. The van der Waals surface area contributed by atoms with Crippen LogP contribution in [0, 0.1) is 10.1 Å². The summed E-state index contributed by atoms with van der Waals surface area (Å²) in [6.07, 6.45) is 0.991. The van der Waals surface area contributed by atoms with Gasteiger partial charge in [0.05, 0.1) is 4.92 Å². The minimum atomic E-state index is -0.324. The molecule has 1 fully saturated rings. The van der Waals surface area contributed by atoms with Gasteiger partial charge in [-0.1, -0.05) is 18.2 Å². The first-order valence-electron chi connectivity index (χ1n) is 4.26. The van der Waals surface area contributed by atoms with Gasteiger partial charge in [0.15, 0.2) is 0 Å². The van der Waals surface area contributed by atoms with Crippen molar-refractivity contribution in [2.75, 3.05) is 6.54 Å². The van der Waals surface area contributed by atoms with E-state index in [-0.39, 0.29) is 29.1 Å². The van der Waals surface area contributed by atoms with Gasteiger partial charge in [-0.25, -0.2) is 0 Å². The first-order chi connectivity index (χ1) is 6.29. The Hall–Kier alpha value is -1.13. The van der Waals surface area contributed by atoms with Gasteiger partial charge < -0.3 is 5.32 Å². The van der Waals surface area contributed by atoms with Crippen LogP contribution in [0.1, 0.15) is 18.0 Å². The SMILES string of the molecule is Cl.O=[N+]([O-])c1ccccc1[C@@H]1CCN1. The lowest BCUT2D eigenvalue weighted by atomic mass is 9.97. The van der Waals surface area contributed by atoms with Gasteiger partial charge in [0, 0.05) is 17.7 Å². The highest BCUT2D eigenvalue weighted by Gasteiger charge is 2.25. The van der Waals surface area contributed by atoms with E-state index in [1.165, 1.54) is 0 Å². The lowest BCUT2D eigenvalue weighted by molar-refractivity contribution is -0.385. The molecule has 2 rings (SSSR count). The largest absolute Gasteiger partial charge is 0.310 e. The number of nitrogens with one attached hydrogen (secondary N) is 1. The van der Waals surface area contributed by atoms with E-state index in [0.717, 1.165) is 18.5 Å². The summed E-state index contributed by atoms with van der Waals surface area (Å²) in [6, 6.07) is 7.08. The highest BCUT2D eigenvalue weighted by Crippen LogP contribution is 2.30. The second kappa shape index (κ2) is 4.39. The summed E-state index contributed by atoms with van der Waals surface area (Å²) < 4.78 is 0. The van der Waals surface area contributed by atoms with Crippen molar-refractivity contribution in [2.45, 2.75) is 12.5 Å². The summed E-state index contributed by atoms with van der Waals surface area (Å²) in [7, 11) is 0. The van der Waals surface area contributed by atoms with Gasteiger partial charge >= 0.3 is 0 Å². The Kier molecular flexibility index (Phi) is 3.43. The molecule has 1 saturated heterocycles. The van der Waals surface area contributed by atoms with Gasteiger partial charge in [0.25, 0.3) is 5.69 Å². The van der Waals surface area contributed by atoms with Crippen LogP contribution in [0.3, 0.4) is 0 Å². The fourth-order valence-corrected chi connectivity index (χ4v) is 1.50. The molecular weight excluding hydrogens is 204 g/mol. The number of hydrogen-bond acceptors (Lipinski definition) is 3. The molecule has 0 amide bonds. The van der Waals surface area contributed by atoms with E-state index in [2.05, 4.69) is 5.32 Å². The first-order valence-corrected chi connectivity index (χ1v) is 4.26. The van der Waals surface area contributed by atoms with Crippen molar-refractivity contribution in [3.05, 3.63) is 39.9 Å². The van der Waals surface area contributed by atoms with Crippen molar-refractivity contribution < 1.29 is 4.92 Å². The normalized spacial score (nSPS) is 19.3. The number of para-hydroxylation sites is 1. The molecule has 0 bridgehead atoms. The molecule has 0 spiro atoms. The van der Waals surface area contributed by atoms with Crippen molar-refractivity contribution in [1.82, 2.24) is 5.32 Å². The van der Waals surface area contributed by atoms with Crippen molar-refractivity contribution >= 4 is 18.1 Å². The summed E-state index contributed by atoms with van der Waals surface area (Å²) in [5, 5.41) is 13.8. The van der Waals surface area contributed by atoms with Crippen LogP contribution in [0.4, 0.5) is 5.69 Å². The molecule has 0 radical (unpaired) electrons. The summed E-state index contributed by atoms with van der Waals surface area (Å²) in [5.74, 6) is 0. The fraction of sp³-hybridized carbons (Fsp3) is 0.333. The topological polar surface area (TPSA) is 55.2 Å². The summed E-state index contributed by atoms with van der Waals surface area (Å²) in [5.41, 5.74) is 1.03. The highest BCUT2D eigenvalue weighted by atomic mass is 35.5. The quantitative estimate of drug-likeness (QED) is 0.606. The predicted octanol–water partition coefficient (Wildman–Crippen LogP) is 2.05. The summed E-state index contributed by atoms with van der Waals surface area (Å²) in [4.78, 5) is 10.3. The van der Waals surface area contributed by atoms with Crippen LogP contribution in [-0.4, -0.2) is 11.5 Å². The maximum absolute atomic E-state index is 10.6. The maximum atomic E-state index is 10.6. The molecule has 1 N–H and O–H groups in total. The number of rotatable bonds is 2. The molecule has 0 unspecified atom stereocenters. The second-order valence-electron chi connectivity index (χ2n) is 3.11. The molecule has 0 aliphatic carbocycles. The van der Waals surface area contributed by atoms with E-state index in [4.69, 9.17) is 0 Å². The smallest absolute Gasteiger partial charge is 0.274 e. The lowest BCUT2D eigenvalue weighted by Gasteiger charge is -2.27. The number of benzene rings is 1. The van der Waals surface area contributed by atoms with Crippen LogP contribution in [0.2, 0.25) is 0 Å². The van der Waals surface area contributed by atoms with Crippen LogP contribution in [-0.2, 0) is 0 Å². The molecule has 1 aliphatic rings. The third-order valence-electron chi connectivity index (χ3n) is 2.33. The average molecular weight is 215 g/mol. The number of hydrogen-bond donors (Lipinski definition) is 1. The van der Waals surface area contributed by atoms with Crippen molar-refractivity contribution in [1.29, 1.82) is 0 Å². The standard InChI is InChI=1S/C9H10N2O2.ClH/c12-11(13)9-4-2-1-3-7(9)8-5-6-10-8;/h1-4,8,10H,5-6H2;1H/t8-;/m0./s1. The van der Waals surface area contributed by atoms with E-state index in [0.29, 0.717) is 0 Å². The Morgan fingerprint density at radius 1 is 1.43 bits per heavy atom. The van der Waals surface area contributed by atoms with Crippen molar-refractivity contribution in [3.63, 3.8) is 0 Å². The van der Waals surface area contributed by atoms with Crippen LogP contribution in [0.25, 0.3) is 0 Å². The molecule has 14 heavy (non-hydrogen) atoms. The van der Waals surface area contributed by atoms with Gasteiger partial charge in [0.2, 0.25) is 0 Å². The highest BCUT2D eigenvalue weighted by molar-refractivity contribution is 5.85. The minimum absolute atomic E-state index is 0. The van der Waals surface area contributed by atoms with Gasteiger partial charge in [-0.2, -0.15) is 0 Å². The molecule has 1 heterocycles. The molecule has 5 heteroatoms. The van der Waals surface area contributed by atoms with Crippen molar-refractivity contribution in [3.8, 4) is 0 Å². The monoisotopic (exact) mass is 214 g/mol. The summed E-state index contributed by atoms with van der Waals surface area (Å²) >= 11 is 0. The van der Waals surface area contributed by atoms with Crippen LogP contribution < -0.4 is 5.32 Å². The Labute approximate surface area is 87.9 Å². The maximum Gasteiger partial charge on any atom is 0.274 e. The fourth-order valence-electron chi connectivity index (χ4n) is 1.50. The minimum Gasteiger partial charge on any atom is -0.310 e. The van der Waals surface area contributed by atoms with E-state index in [9.17, 15) is 10.1 Å². The van der Waals surface area contributed by atoms with E-state index in [1.54, 1.807) is 12.1 Å². The number of halogens is 1. The molecule has 1 atom stereocenters. The van der Waals surface area contributed by atoms with E-state index in [1.807, 2.05) is 12.1 Å². The second-order valence-corrected chi connectivity index (χ2v) is 3.11. The molecular formula is C9H11ClN2O2. The zero-order chi connectivity index (χ0) is 9.26. The Balaban J connectivity index is 0.000000980. The average Bonchev–Trinajstić information content (AvgIpc) is 2.02.